The number of imidazole rings is 1. The first-order chi connectivity index (χ1) is 7.61. The fourth-order valence-corrected chi connectivity index (χ4v) is 1.16. The lowest BCUT2D eigenvalue weighted by Gasteiger charge is -2.08. The number of hydrogen-bond acceptors (Lipinski definition) is 3. The fourth-order valence-electron chi connectivity index (χ4n) is 1.16. The van der Waals surface area contributed by atoms with Gasteiger partial charge in [0.15, 0.2) is 0 Å². The van der Waals surface area contributed by atoms with Gasteiger partial charge in [-0.1, -0.05) is 0 Å². The Morgan fingerprint density at radius 1 is 1.56 bits per heavy atom. The van der Waals surface area contributed by atoms with Crippen molar-refractivity contribution >= 4 is 11.9 Å². The smallest absolute Gasteiger partial charge is 0.315 e. The summed E-state index contributed by atoms with van der Waals surface area (Å²) in [6.07, 6.45) is 5.96. The van der Waals surface area contributed by atoms with E-state index in [1.807, 2.05) is 10.8 Å². The summed E-state index contributed by atoms with van der Waals surface area (Å²) in [6, 6.07) is 0. The average Bonchev–Trinajstić information content (AvgIpc) is 2.75. The minimum atomic E-state index is -1.10. The predicted octanol–water partition coefficient (Wildman–Crippen LogP) is 0.110. The molecule has 6 heteroatoms. The maximum absolute atomic E-state index is 11.2. The number of aromatic nitrogens is 2. The number of carbonyl (C=O) groups is 2. The van der Waals surface area contributed by atoms with Crippen molar-refractivity contribution in [2.45, 2.75) is 19.9 Å². The first-order valence-corrected chi connectivity index (χ1v) is 5.07. The van der Waals surface area contributed by atoms with Crippen LogP contribution in [0, 0.1) is 5.92 Å². The highest BCUT2D eigenvalue weighted by molar-refractivity contribution is 5.96. The molecular weight excluding hydrogens is 210 g/mol. The minimum absolute atomic E-state index is 0.446. The second-order valence-corrected chi connectivity index (χ2v) is 3.51. The molecule has 0 aliphatic heterocycles. The van der Waals surface area contributed by atoms with Gasteiger partial charge in [0.25, 0.3) is 0 Å². The number of rotatable bonds is 6. The van der Waals surface area contributed by atoms with Crippen molar-refractivity contribution in [3.05, 3.63) is 18.7 Å². The van der Waals surface area contributed by atoms with E-state index in [1.165, 1.54) is 6.92 Å². The molecule has 6 nitrogen and oxygen atoms in total. The van der Waals surface area contributed by atoms with E-state index in [0.29, 0.717) is 6.54 Å². The molecule has 0 radical (unpaired) electrons. The van der Waals surface area contributed by atoms with Crippen molar-refractivity contribution in [3.8, 4) is 0 Å². The number of amides is 1. The van der Waals surface area contributed by atoms with Crippen LogP contribution < -0.4 is 5.32 Å². The van der Waals surface area contributed by atoms with Gasteiger partial charge in [0.05, 0.1) is 6.33 Å². The molecule has 0 aromatic carbocycles. The molecule has 0 aliphatic carbocycles. The van der Waals surface area contributed by atoms with E-state index in [9.17, 15) is 9.59 Å². The van der Waals surface area contributed by atoms with Gasteiger partial charge in [-0.25, -0.2) is 4.98 Å². The third kappa shape index (κ3) is 3.72. The lowest BCUT2D eigenvalue weighted by atomic mass is 10.2. The van der Waals surface area contributed by atoms with E-state index < -0.39 is 17.8 Å². The van der Waals surface area contributed by atoms with Crippen molar-refractivity contribution in [1.29, 1.82) is 0 Å². The molecule has 0 saturated carbocycles. The van der Waals surface area contributed by atoms with Gasteiger partial charge >= 0.3 is 5.97 Å². The number of hydrogen-bond donors (Lipinski definition) is 2. The summed E-state index contributed by atoms with van der Waals surface area (Å²) in [4.78, 5) is 25.6. The van der Waals surface area contributed by atoms with Crippen LogP contribution in [0.3, 0.4) is 0 Å². The summed E-state index contributed by atoms with van der Waals surface area (Å²) >= 11 is 0. The summed E-state index contributed by atoms with van der Waals surface area (Å²) in [5.74, 6) is -2.54. The second-order valence-electron chi connectivity index (χ2n) is 3.51. The number of nitrogens with zero attached hydrogens (tertiary/aromatic N) is 2. The number of nitrogens with one attached hydrogen (secondary N) is 1. The quantitative estimate of drug-likeness (QED) is 0.531. The number of aliphatic carboxylic acids is 1. The van der Waals surface area contributed by atoms with Crippen molar-refractivity contribution in [2.75, 3.05) is 6.54 Å². The topological polar surface area (TPSA) is 84.2 Å². The molecule has 1 unspecified atom stereocenters. The third-order valence-electron chi connectivity index (χ3n) is 2.22. The monoisotopic (exact) mass is 225 g/mol. The normalized spacial score (nSPS) is 12.1. The average molecular weight is 225 g/mol. The van der Waals surface area contributed by atoms with E-state index in [0.717, 1.165) is 13.0 Å². The maximum atomic E-state index is 11.2. The van der Waals surface area contributed by atoms with Crippen LogP contribution in [0.4, 0.5) is 0 Å². The molecule has 0 saturated heterocycles. The summed E-state index contributed by atoms with van der Waals surface area (Å²) in [7, 11) is 0. The summed E-state index contributed by atoms with van der Waals surface area (Å²) in [5, 5.41) is 11.2. The van der Waals surface area contributed by atoms with Crippen LogP contribution in [0.5, 0.6) is 0 Å². The summed E-state index contributed by atoms with van der Waals surface area (Å²) < 4.78 is 1.90. The molecule has 1 aromatic heterocycles. The van der Waals surface area contributed by atoms with Gasteiger partial charge in [-0.05, 0) is 13.3 Å². The zero-order valence-corrected chi connectivity index (χ0v) is 9.09. The number of aryl methyl sites for hydroxylation is 1. The molecule has 1 amide bonds. The highest BCUT2D eigenvalue weighted by atomic mass is 16.4. The molecule has 0 spiro atoms. The van der Waals surface area contributed by atoms with Crippen molar-refractivity contribution in [2.24, 2.45) is 5.92 Å². The Kier molecular flexibility index (Phi) is 4.50. The van der Waals surface area contributed by atoms with E-state index in [1.54, 1.807) is 12.5 Å². The van der Waals surface area contributed by atoms with Crippen LogP contribution in [0.2, 0.25) is 0 Å². The highest BCUT2D eigenvalue weighted by Crippen LogP contribution is 1.95. The van der Waals surface area contributed by atoms with Crippen LogP contribution in [0.1, 0.15) is 13.3 Å². The largest absolute Gasteiger partial charge is 0.481 e. The van der Waals surface area contributed by atoms with E-state index in [2.05, 4.69) is 10.3 Å². The molecule has 1 atom stereocenters. The summed E-state index contributed by atoms with van der Waals surface area (Å²) in [5.41, 5.74) is 0. The van der Waals surface area contributed by atoms with Gasteiger partial charge in [-0.3, -0.25) is 9.59 Å². The number of carboxylic acids is 1. The zero-order chi connectivity index (χ0) is 12.0. The Labute approximate surface area is 93.3 Å². The molecule has 2 N–H and O–H groups in total. The Hall–Kier alpha value is -1.85. The lowest BCUT2D eigenvalue weighted by Crippen LogP contribution is -2.34. The number of carboxylic acid groups (broad SMARTS) is 1. The van der Waals surface area contributed by atoms with Gasteiger partial charge in [-0.2, -0.15) is 0 Å². The highest BCUT2D eigenvalue weighted by Gasteiger charge is 2.19. The Balaban J connectivity index is 2.16. The van der Waals surface area contributed by atoms with Crippen molar-refractivity contribution in [1.82, 2.24) is 14.9 Å². The molecule has 88 valence electrons. The van der Waals surface area contributed by atoms with E-state index >= 15 is 0 Å². The maximum Gasteiger partial charge on any atom is 0.315 e. The second kappa shape index (κ2) is 5.89. The lowest BCUT2D eigenvalue weighted by molar-refractivity contribution is -0.146. The SMILES string of the molecule is CC(C(=O)O)C(=O)NCCCn1ccnc1. The molecule has 0 aliphatic rings. The van der Waals surface area contributed by atoms with Crippen LogP contribution >= 0.6 is 0 Å². The van der Waals surface area contributed by atoms with Crippen molar-refractivity contribution < 1.29 is 14.7 Å². The summed E-state index contributed by atoms with van der Waals surface area (Å²) in [6.45, 7) is 2.59. The van der Waals surface area contributed by atoms with E-state index in [4.69, 9.17) is 5.11 Å². The molecule has 1 aromatic rings. The standard InChI is InChI=1S/C10H15N3O3/c1-8(10(15)16)9(14)12-3-2-5-13-6-4-11-7-13/h4,6-8H,2-3,5H2,1H3,(H,12,14)(H,15,16). The third-order valence-corrected chi connectivity index (χ3v) is 2.22. The number of carbonyl (C=O) groups excluding carboxylic acids is 1. The van der Waals surface area contributed by atoms with Gasteiger partial charge < -0.3 is 15.0 Å². The zero-order valence-electron chi connectivity index (χ0n) is 9.09. The van der Waals surface area contributed by atoms with Gasteiger partial charge in [-0.15, -0.1) is 0 Å². The van der Waals surface area contributed by atoms with Gasteiger partial charge in [0.2, 0.25) is 5.91 Å². The van der Waals surface area contributed by atoms with Crippen LogP contribution in [-0.2, 0) is 16.1 Å². The molecule has 0 bridgehead atoms. The Morgan fingerprint density at radius 3 is 2.88 bits per heavy atom. The van der Waals surface area contributed by atoms with Crippen LogP contribution in [0.15, 0.2) is 18.7 Å². The Bertz CT molecular complexity index is 348. The van der Waals surface area contributed by atoms with Crippen LogP contribution in [-0.4, -0.2) is 33.1 Å². The Morgan fingerprint density at radius 2 is 2.31 bits per heavy atom. The predicted molar refractivity (Wildman–Crippen MR) is 56.7 cm³/mol. The van der Waals surface area contributed by atoms with Crippen LogP contribution in [0.25, 0.3) is 0 Å². The molecule has 1 rings (SSSR count). The minimum Gasteiger partial charge on any atom is -0.481 e. The molecule has 1 heterocycles. The fraction of sp³-hybridized carbons (Fsp3) is 0.500. The van der Waals surface area contributed by atoms with E-state index in [-0.39, 0.29) is 0 Å². The molecule has 16 heavy (non-hydrogen) atoms. The first-order valence-electron chi connectivity index (χ1n) is 5.07. The molecule has 0 fully saturated rings. The van der Waals surface area contributed by atoms with Crippen molar-refractivity contribution in [3.63, 3.8) is 0 Å². The van der Waals surface area contributed by atoms with Gasteiger partial charge in [0.1, 0.15) is 5.92 Å². The first kappa shape index (κ1) is 12.2. The van der Waals surface area contributed by atoms with Gasteiger partial charge in [0, 0.05) is 25.5 Å². The molecular formula is C10H15N3O3.